The van der Waals surface area contributed by atoms with E-state index in [2.05, 4.69) is 4.90 Å². The van der Waals surface area contributed by atoms with Crippen LogP contribution >= 0.6 is 0 Å². The van der Waals surface area contributed by atoms with E-state index in [9.17, 15) is 5.11 Å². The number of nitrogens with zero attached hydrogens (tertiary/aromatic N) is 1. The molecule has 0 amide bonds. The van der Waals surface area contributed by atoms with Gasteiger partial charge in [-0.15, -0.1) is 0 Å². The number of hydrogen-bond acceptors (Lipinski definition) is 4. The molecule has 0 aliphatic heterocycles. The summed E-state index contributed by atoms with van der Waals surface area (Å²) in [4.78, 5) is 2.08. The monoisotopic (exact) mass is 238 g/mol. The van der Waals surface area contributed by atoms with E-state index in [0.29, 0.717) is 12.2 Å². The molecular weight excluding hydrogens is 216 g/mol. The second-order valence-corrected chi connectivity index (χ2v) is 4.25. The van der Waals surface area contributed by atoms with Crippen molar-refractivity contribution in [3.8, 4) is 0 Å². The van der Waals surface area contributed by atoms with E-state index in [4.69, 9.17) is 10.5 Å². The van der Waals surface area contributed by atoms with Crippen LogP contribution in [0.25, 0.3) is 0 Å². The molecule has 17 heavy (non-hydrogen) atoms. The Kier molecular flexibility index (Phi) is 5.97. The van der Waals surface area contributed by atoms with Crippen molar-refractivity contribution in [2.24, 2.45) is 0 Å². The highest BCUT2D eigenvalue weighted by molar-refractivity contribution is 5.47. The van der Waals surface area contributed by atoms with Gasteiger partial charge in [-0.3, -0.25) is 0 Å². The maximum Gasteiger partial charge on any atom is 0.0936 e. The number of methoxy groups -OCH3 is 1. The third-order valence-corrected chi connectivity index (χ3v) is 2.73. The van der Waals surface area contributed by atoms with E-state index in [0.717, 1.165) is 25.1 Å². The van der Waals surface area contributed by atoms with Crippen LogP contribution in [0.2, 0.25) is 0 Å². The number of aliphatic hydroxyl groups is 1. The van der Waals surface area contributed by atoms with Crippen molar-refractivity contribution in [1.82, 2.24) is 4.90 Å². The third-order valence-electron chi connectivity index (χ3n) is 2.73. The van der Waals surface area contributed by atoms with Gasteiger partial charge in [0.05, 0.1) is 6.10 Å². The van der Waals surface area contributed by atoms with Gasteiger partial charge in [0.1, 0.15) is 0 Å². The Labute approximate surface area is 103 Å². The number of likely N-dealkylation sites (N-methyl/N-ethyl adjacent to an activating group) is 1. The molecule has 96 valence electrons. The lowest BCUT2D eigenvalue weighted by molar-refractivity contribution is 0.118. The van der Waals surface area contributed by atoms with Gasteiger partial charge in [-0.1, -0.05) is 18.2 Å². The minimum absolute atomic E-state index is 0.538. The van der Waals surface area contributed by atoms with Gasteiger partial charge in [-0.2, -0.15) is 0 Å². The molecule has 0 bridgehead atoms. The zero-order chi connectivity index (χ0) is 12.7. The highest BCUT2D eigenvalue weighted by atomic mass is 16.5. The Balaban J connectivity index is 2.43. The highest BCUT2D eigenvalue weighted by Gasteiger charge is 2.12. The first-order valence-electron chi connectivity index (χ1n) is 5.85. The molecule has 1 aromatic rings. The number of aliphatic hydroxyl groups excluding tert-OH is 1. The van der Waals surface area contributed by atoms with Crippen LogP contribution in [0.1, 0.15) is 18.1 Å². The maximum atomic E-state index is 10.1. The largest absolute Gasteiger partial charge is 0.398 e. The number of nitrogens with two attached hydrogens (primary N) is 1. The van der Waals surface area contributed by atoms with Crippen LogP contribution in [0.4, 0.5) is 5.69 Å². The highest BCUT2D eigenvalue weighted by Crippen LogP contribution is 2.20. The predicted molar refractivity (Wildman–Crippen MR) is 69.8 cm³/mol. The van der Waals surface area contributed by atoms with Crippen LogP contribution in [-0.2, 0) is 4.74 Å². The topological polar surface area (TPSA) is 58.7 Å². The summed E-state index contributed by atoms with van der Waals surface area (Å²) in [5, 5.41) is 10.1. The molecule has 0 heterocycles. The molecule has 0 spiro atoms. The van der Waals surface area contributed by atoms with E-state index in [1.165, 1.54) is 0 Å². The van der Waals surface area contributed by atoms with Gasteiger partial charge in [0.2, 0.25) is 0 Å². The zero-order valence-corrected chi connectivity index (χ0v) is 10.6. The summed E-state index contributed by atoms with van der Waals surface area (Å²) in [6.07, 6.45) is 0.424. The molecule has 0 saturated heterocycles. The van der Waals surface area contributed by atoms with Gasteiger partial charge in [0.25, 0.3) is 0 Å². The molecule has 0 radical (unpaired) electrons. The smallest absolute Gasteiger partial charge is 0.0936 e. The summed E-state index contributed by atoms with van der Waals surface area (Å²) < 4.78 is 4.99. The van der Waals surface area contributed by atoms with Crippen LogP contribution in [0, 0.1) is 0 Å². The Hall–Kier alpha value is -1.10. The Morgan fingerprint density at radius 1 is 1.41 bits per heavy atom. The molecule has 1 atom stereocenters. The van der Waals surface area contributed by atoms with E-state index >= 15 is 0 Å². The van der Waals surface area contributed by atoms with Gasteiger partial charge in [-0.05, 0) is 19.5 Å². The number of anilines is 1. The number of hydrogen-bond donors (Lipinski definition) is 2. The third kappa shape index (κ3) is 4.73. The van der Waals surface area contributed by atoms with Crippen molar-refractivity contribution >= 4 is 5.69 Å². The van der Waals surface area contributed by atoms with Crippen LogP contribution in [0.3, 0.4) is 0 Å². The van der Waals surface area contributed by atoms with E-state index in [-0.39, 0.29) is 0 Å². The number of nitrogen functional groups attached to an aromatic ring is 1. The molecule has 0 aliphatic rings. The summed E-state index contributed by atoms with van der Waals surface area (Å²) in [5.74, 6) is 0. The minimum atomic E-state index is -0.538. The summed E-state index contributed by atoms with van der Waals surface area (Å²) in [7, 11) is 3.68. The summed E-state index contributed by atoms with van der Waals surface area (Å²) in [6, 6.07) is 7.43. The fourth-order valence-corrected chi connectivity index (χ4v) is 1.78. The van der Waals surface area contributed by atoms with Crippen molar-refractivity contribution in [1.29, 1.82) is 0 Å². The van der Waals surface area contributed by atoms with E-state index in [1.54, 1.807) is 7.11 Å². The lowest BCUT2D eigenvalue weighted by atomic mass is 10.1. The predicted octanol–water partition coefficient (Wildman–Crippen LogP) is 1.27. The lowest BCUT2D eigenvalue weighted by Gasteiger charge is -2.21. The Morgan fingerprint density at radius 2 is 2.12 bits per heavy atom. The van der Waals surface area contributed by atoms with Crippen molar-refractivity contribution in [3.05, 3.63) is 29.8 Å². The quantitative estimate of drug-likeness (QED) is 0.555. The standard InChI is InChI=1S/C13H22N2O2/c1-15(8-5-9-17-2)10-13(16)11-6-3-4-7-12(11)14/h3-4,6-7,13,16H,5,8-10,14H2,1-2H3. The van der Waals surface area contributed by atoms with Gasteiger partial charge < -0.3 is 20.5 Å². The maximum absolute atomic E-state index is 10.1. The average Bonchev–Trinajstić information content (AvgIpc) is 2.29. The molecule has 3 N–H and O–H groups in total. The van der Waals surface area contributed by atoms with Crippen molar-refractivity contribution < 1.29 is 9.84 Å². The molecule has 1 aromatic carbocycles. The van der Waals surface area contributed by atoms with Crippen LogP contribution in [-0.4, -0.2) is 43.9 Å². The fraction of sp³-hybridized carbons (Fsp3) is 0.538. The first-order valence-corrected chi connectivity index (χ1v) is 5.85. The van der Waals surface area contributed by atoms with Gasteiger partial charge in [0.15, 0.2) is 0 Å². The number of para-hydroxylation sites is 1. The summed E-state index contributed by atoms with van der Waals surface area (Å²) in [5.41, 5.74) is 7.26. The Bertz CT molecular complexity index is 331. The zero-order valence-electron chi connectivity index (χ0n) is 10.6. The van der Waals surface area contributed by atoms with E-state index < -0.39 is 6.10 Å². The molecule has 0 aromatic heterocycles. The fourth-order valence-electron chi connectivity index (χ4n) is 1.78. The Morgan fingerprint density at radius 3 is 2.76 bits per heavy atom. The molecule has 0 fully saturated rings. The molecule has 4 nitrogen and oxygen atoms in total. The van der Waals surface area contributed by atoms with Crippen LogP contribution in [0.15, 0.2) is 24.3 Å². The second-order valence-electron chi connectivity index (χ2n) is 4.25. The van der Waals surface area contributed by atoms with E-state index in [1.807, 2.05) is 31.3 Å². The molecule has 4 heteroatoms. The van der Waals surface area contributed by atoms with Crippen molar-refractivity contribution in [2.75, 3.05) is 39.6 Å². The first-order chi connectivity index (χ1) is 8.15. The molecule has 1 rings (SSSR count). The lowest BCUT2D eigenvalue weighted by Crippen LogP contribution is -2.26. The summed E-state index contributed by atoms with van der Waals surface area (Å²) >= 11 is 0. The normalized spacial score (nSPS) is 12.9. The molecule has 0 saturated carbocycles. The molecule has 0 aliphatic carbocycles. The van der Waals surface area contributed by atoms with Crippen LogP contribution < -0.4 is 5.73 Å². The first kappa shape index (κ1) is 14.0. The minimum Gasteiger partial charge on any atom is -0.398 e. The molecule has 1 unspecified atom stereocenters. The van der Waals surface area contributed by atoms with Crippen LogP contribution in [0.5, 0.6) is 0 Å². The number of benzene rings is 1. The molecular formula is C13H22N2O2. The SMILES string of the molecule is COCCCN(C)CC(O)c1ccccc1N. The average molecular weight is 238 g/mol. The number of ether oxygens (including phenoxy) is 1. The summed E-state index contributed by atoms with van der Waals surface area (Å²) in [6.45, 7) is 2.23. The van der Waals surface area contributed by atoms with Crippen molar-refractivity contribution in [2.45, 2.75) is 12.5 Å². The van der Waals surface area contributed by atoms with Gasteiger partial charge in [0, 0.05) is 38.1 Å². The van der Waals surface area contributed by atoms with Gasteiger partial charge >= 0.3 is 0 Å². The van der Waals surface area contributed by atoms with Crippen molar-refractivity contribution in [3.63, 3.8) is 0 Å². The number of rotatable bonds is 7. The second kappa shape index (κ2) is 7.27. The van der Waals surface area contributed by atoms with Gasteiger partial charge in [-0.25, -0.2) is 0 Å².